The van der Waals surface area contributed by atoms with Crippen LogP contribution in [0.15, 0.2) is 53.6 Å². The number of rotatable bonds is 7. The van der Waals surface area contributed by atoms with Crippen molar-refractivity contribution in [2.24, 2.45) is 5.10 Å². The lowest BCUT2D eigenvalue weighted by molar-refractivity contribution is -0.384. The van der Waals surface area contributed by atoms with Crippen molar-refractivity contribution in [3.05, 3.63) is 70.0 Å². The number of halogens is 1. The van der Waals surface area contributed by atoms with E-state index >= 15 is 0 Å². The molecule has 148 valence electrons. The molecule has 3 rings (SSSR count). The Labute approximate surface area is 165 Å². The predicted molar refractivity (Wildman–Crippen MR) is 108 cm³/mol. The van der Waals surface area contributed by atoms with Gasteiger partial charge in [-0.1, -0.05) is 12.1 Å². The molecule has 11 heteroatoms. The lowest BCUT2D eigenvalue weighted by Gasteiger charge is -2.13. The highest BCUT2D eigenvalue weighted by atomic mass is 19.1. The molecule has 1 aromatic heterocycles. The van der Waals surface area contributed by atoms with Crippen LogP contribution in [0.3, 0.4) is 0 Å². The van der Waals surface area contributed by atoms with Gasteiger partial charge in [0.15, 0.2) is 0 Å². The summed E-state index contributed by atoms with van der Waals surface area (Å²) in [5, 5.41) is 17.8. The van der Waals surface area contributed by atoms with Gasteiger partial charge in [0, 0.05) is 37.5 Å². The van der Waals surface area contributed by atoms with E-state index in [4.69, 9.17) is 0 Å². The molecule has 0 fully saturated rings. The van der Waals surface area contributed by atoms with Gasteiger partial charge in [-0.2, -0.15) is 20.1 Å². The van der Waals surface area contributed by atoms with Gasteiger partial charge in [-0.05, 0) is 24.3 Å². The fourth-order valence-corrected chi connectivity index (χ4v) is 2.22. The minimum Gasteiger partial charge on any atom is -0.347 e. The highest BCUT2D eigenvalue weighted by Gasteiger charge is 2.09. The molecular formula is C18H17FN8O2. The molecule has 0 unspecified atom stereocenters. The largest absolute Gasteiger partial charge is 0.347 e. The number of nitrogens with one attached hydrogen (secondary N) is 2. The molecule has 0 saturated heterocycles. The van der Waals surface area contributed by atoms with E-state index < -0.39 is 4.92 Å². The van der Waals surface area contributed by atoms with Gasteiger partial charge in [-0.15, -0.1) is 0 Å². The number of aromatic nitrogens is 3. The lowest BCUT2D eigenvalue weighted by Crippen LogP contribution is -2.15. The van der Waals surface area contributed by atoms with Crippen LogP contribution in [0.1, 0.15) is 5.56 Å². The van der Waals surface area contributed by atoms with Gasteiger partial charge in [0.2, 0.25) is 17.8 Å². The molecule has 0 saturated carbocycles. The van der Waals surface area contributed by atoms with Crippen LogP contribution in [0.5, 0.6) is 0 Å². The van der Waals surface area contributed by atoms with Crippen LogP contribution in [0.25, 0.3) is 0 Å². The van der Waals surface area contributed by atoms with E-state index in [9.17, 15) is 14.5 Å². The van der Waals surface area contributed by atoms with E-state index in [0.717, 1.165) is 0 Å². The van der Waals surface area contributed by atoms with Crippen LogP contribution in [-0.2, 0) is 0 Å². The van der Waals surface area contributed by atoms with Crippen LogP contribution < -0.4 is 15.6 Å². The third-order valence-electron chi connectivity index (χ3n) is 3.58. The normalized spacial score (nSPS) is 10.7. The maximum absolute atomic E-state index is 13.1. The Morgan fingerprint density at radius 3 is 2.52 bits per heavy atom. The number of hydrazone groups is 1. The van der Waals surface area contributed by atoms with Crippen molar-refractivity contribution in [2.75, 3.05) is 29.7 Å². The first kappa shape index (κ1) is 19.6. The highest BCUT2D eigenvalue weighted by molar-refractivity contribution is 5.81. The van der Waals surface area contributed by atoms with Gasteiger partial charge in [-0.3, -0.25) is 10.1 Å². The molecule has 0 amide bonds. The molecule has 0 atom stereocenters. The Kier molecular flexibility index (Phi) is 5.88. The standard InChI is InChI=1S/C18H17FN8O2/c1-26(2)18-23-16(21-14-8-6-13(19)7-9-14)22-17(24-18)25-20-11-12-4-3-5-15(10-12)27(28)29/h3-11H,1-2H3,(H2,21,22,23,24,25)/b20-11-. The van der Waals surface area contributed by atoms with Crippen molar-refractivity contribution in [1.29, 1.82) is 0 Å². The zero-order valence-corrected chi connectivity index (χ0v) is 15.6. The molecule has 29 heavy (non-hydrogen) atoms. The minimum absolute atomic E-state index is 0.0326. The Morgan fingerprint density at radius 1 is 1.10 bits per heavy atom. The first-order valence-corrected chi connectivity index (χ1v) is 8.40. The average Bonchev–Trinajstić information content (AvgIpc) is 2.70. The lowest BCUT2D eigenvalue weighted by atomic mass is 10.2. The summed E-state index contributed by atoms with van der Waals surface area (Å²) in [7, 11) is 3.54. The maximum atomic E-state index is 13.1. The fourth-order valence-electron chi connectivity index (χ4n) is 2.22. The van der Waals surface area contributed by atoms with Crippen LogP contribution in [0.2, 0.25) is 0 Å². The molecule has 1 heterocycles. The third-order valence-corrected chi connectivity index (χ3v) is 3.58. The van der Waals surface area contributed by atoms with Gasteiger partial charge in [0.1, 0.15) is 5.82 Å². The maximum Gasteiger partial charge on any atom is 0.270 e. The zero-order chi connectivity index (χ0) is 20.8. The van der Waals surface area contributed by atoms with Crippen molar-refractivity contribution in [3.63, 3.8) is 0 Å². The van der Waals surface area contributed by atoms with Gasteiger partial charge in [0.05, 0.1) is 11.1 Å². The summed E-state index contributed by atoms with van der Waals surface area (Å²) in [6.45, 7) is 0. The van der Waals surface area contributed by atoms with E-state index in [1.165, 1.54) is 30.5 Å². The van der Waals surface area contributed by atoms with E-state index in [1.54, 1.807) is 43.3 Å². The second-order valence-corrected chi connectivity index (χ2v) is 6.03. The minimum atomic E-state index is -0.479. The average molecular weight is 396 g/mol. The molecule has 10 nitrogen and oxygen atoms in total. The fraction of sp³-hybridized carbons (Fsp3) is 0.111. The van der Waals surface area contributed by atoms with E-state index in [0.29, 0.717) is 17.2 Å². The smallest absolute Gasteiger partial charge is 0.270 e. The van der Waals surface area contributed by atoms with E-state index in [-0.39, 0.29) is 23.4 Å². The zero-order valence-electron chi connectivity index (χ0n) is 15.6. The van der Waals surface area contributed by atoms with Crippen molar-refractivity contribution < 1.29 is 9.31 Å². The summed E-state index contributed by atoms with van der Waals surface area (Å²) in [6, 6.07) is 11.8. The number of anilines is 4. The summed E-state index contributed by atoms with van der Waals surface area (Å²) in [4.78, 5) is 24.8. The van der Waals surface area contributed by atoms with Gasteiger partial charge in [0.25, 0.3) is 5.69 Å². The van der Waals surface area contributed by atoms with Crippen LogP contribution in [0, 0.1) is 15.9 Å². The Balaban J connectivity index is 1.79. The number of non-ortho nitro benzene ring substituents is 1. The molecule has 0 aliphatic heterocycles. The SMILES string of the molecule is CN(C)c1nc(N/N=C\c2cccc([N+](=O)[O-])c2)nc(Nc2ccc(F)cc2)n1. The number of hydrogen-bond donors (Lipinski definition) is 2. The van der Waals surface area contributed by atoms with E-state index in [2.05, 4.69) is 30.8 Å². The molecule has 0 spiro atoms. The van der Waals surface area contributed by atoms with Crippen LogP contribution in [-0.4, -0.2) is 40.2 Å². The second kappa shape index (κ2) is 8.69. The van der Waals surface area contributed by atoms with Crippen molar-refractivity contribution in [2.45, 2.75) is 0 Å². The first-order valence-electron chi connectivity index (χ1n) is 8.40. The summed E-state index contributed by atoms with van der Waals surface area (Å²) in [6.07, 6.45) is 1.42. The quantitative estimate of drug-likeness (QED) is 0.355. The van der Waals surface area contributed by atoms with Gasteiger partial charge >= 0.3 is 0 Å². The molecular weight excluding hydrogens is 379 g/mol. The number of nitrogens with zero attached hydrogens (tertiary/aromatic N) is 6. The molecule has 0 radical (unpaired) electrons. The molecule has 2 aromatic carbocycles. The molecule has 0 bridgehead atoms. The van der Waals surface area contributed by atoms with Gasteiger partial charge < -0.3 is 10.2 Å². The molecule has 2 N–H and O–H groups in total. The predicted octanol–water partition coefficient (Wildman–Crippen LogP) is 3.17. The van der Waals surface area contributed by atoms with Crippen LogP contribution in [0.4, 0.5) is 33.6 Å². The number of benzene rings is 2. The summed E-state index contributed by atoms with van der Waals surface area (Å²) in [5.74, 6) is 0.425. The Morgan fingerprint density at radius 2 is 1.83 bits per heavy atom. The van der Waals surface area contributed by atoms with E-state index in [1.807, 2.05) is 0 Å². The summed E-state index contributed by atoms with van der Waals surface area (Å²) < 4.78 is 13.1. The topological polar surface area (TPSA) is 121 Å². The second-order valence-electron chi connectivity index (χ2n) is 6.03. The molecule has 0 aliphatic carbocycles. The Hall–Kier alpha value is -4.15. The van der Waals surface area contributed by atoms with Crippen molar-refractivity contribution in [3.8, 4) is 0 Å². The third kappa shape index (κ3) is 5.42. The van der Waals surface area contributed by atoms with Crippen LogP contribution >= 0.6 is 0 Å². The molecule has 0 aliphatic rings. The monoisotopic (exact) mass is 396 g/mol. The first-order chi connectivity index (χ1) is 13.9. The van der Waals surface area contributed by atoms with Crippen molar-refractivity contribution in [1.82, 2.24) is 15.0 Å². The number of nitro groups is 1. The molecule has 3 aromatic rings. The number of nitro benzene ring substituents is 1. The van der Waals surface area contributed by atoms with Gasteiger partial charge in [-0.25, -0.2) is 9.82 Å². The summed E-state index contributed by atoms with van der Waals surface area (Å²) in [5.41, 5.74) is 3.80. The van der Waals surface area contributed by atoms with Crippen molar-refractivity contribution >= 4 is 35.4 Å². The summed E-state index contributed by atoms with van der Waals surface area (Å²) >= 11 is 0. The highest BCUT2D eigenvalue weighted by Crippen LogP contribution is 2.17. The Bertz CT molecular complexity index is 1040. The number of hydrogen-bond acceptors (Lipinski definition) is 9.